The molecule has 0 N–H and O–H groups in total. The van der Waals surface area contributed by atoms with Crippen LogP contribution in [0.15, 0.2) is 54.0 Å². The van der Waals surface area contributed by atoms with Gasteiger partial charge in [0.25, 0.3) is 0 Å². The number of hydrogen-bond donors (Lipinski definition) is 0. The van der Waals surface area contributed by atoms with Crippen LogP contribution in [0.1, 0.15) is 25.1 Å². The molecule has 0 aliphatic carbocycles. The Morgan fingerprint density at radius 1 is 1.32 bits per heavy atom. The van der Waals surface area contributed by atoms with Gasteiger partial charge in [0.05, 0.1) is 4.92 Å². The van der Waals surface area contributed by atoms with Gasteiger partial charge in [0.2, 0.25) is 5.75 Å². The Kier molecular flexibility index (Phi) is 5.65. The summed E-state index contributed by atoms with van der Waals surface area (Å²) in [5.41, 5.74) is 3.01. The Labute approximate surface area is 167 Å². The highest BCUT2D eigenvalue weighted by Gasteiger charge is 2.20. The molecule has 2 aromatic carbocycles. The van der Waals surface area contributed by atoms with Crippen molar-refractivity contribution in [3.63, 3.8) is 0 Å². The highest BCUT2D eigenvalue weighted by Crippen LogP contribution is 2.40. The van der Waals surface area contributed by atoms with E-state index in [4.69, 9.17) is 4.74 Å². The van der Waals surface area contributed by atoms with Gasteiger partial charge >= 0.3 is 5.69 Å². The summed E-state index contributed by atoms with van der Waals surface area (Å²) in [5, 5.41) is 13.0. The lowest BCUT2D eigenvalue weighted by Crippen LogP contribution is -1.94. The maximum atomic E-state index is 11.6. The van der Waals surface area contributed by atoms with E-state index < -0.39 is 4.92 Å². The van der Waals surface area contributed by atoms with E-state index in [-0.39, 0.29) is 11.4 Å². The number of benzene rings is 2. The van der Waals surface area contributed by atoms with Crippen molar-refractivity contribution < 1.29 is 9.66 Å². The molecule has 142 valence electrons. The monoisotopic (exact) mass is 393 g/mol. The Hall–Kier alpha value is -3.32. The molecule has 7 heteroatoms. The van der Waals surface area contributed by atoms with Crippen LogP contribution in [0, 0.1) is 17.0 Å². The molecule has 6 nitrogen and oxygen atoms in total. The predicted molar refractivity (Wildman–Crippen MR) is 114 cm³/mol. The third-order valence-electron chi connectivity index (χ3n) is 3.88. The van der Waals surface area contributed by atoms with E-state index in [1.165, 1.54) is 17.4 Å². The second-order valence-corrected chi connectivity index (χ2v) is 7.18. The molecule has 3 rings (SSSR count). The summed E-state index contributed by atoms with van der Waals surface area (Å²) >= 11 is 1.36. The smallest absolute Gasteiger partial charge is 0.312 e. The van der Waals surface area contributed by atoms with Crippen molar-refractivity contribution in [2.75, 3.05) is 0 Å². The summed E-state index contributed by atoms with van der Waals surface area (Å²) in [7, 11) is 0. The standard InChI is InChI=1S/C21H19N3O3S/c1-5-22-21-19(13(2)3)23-20(28-21)15-9-10-18(17(12-15)24(25)26)27-16-8-6-7-14(4)11-16/h5-12H,2H2,1,3-4H3. The van der Waals surface area contributed by atoms with E-state index in [0.29, 0.717) is 22.0 Å². The zero-order valence-corrected chi connectivity index (χ0v) is 16.6. The number of ether oxygens (including phenoxy) is 1. The topological polar surface area (TPSA) is 77.6 Å². The largest absolute Gasteiger partial charge is 0.450 e. The van der Waals surface area contributed by atoms with Gasteiger partial charge in [0.15, 0.2) is 0 Å². The van der Waals surface area contributed by atoms with Gasteiger partial charge in [-0.3, -0.25) is 10.1 Å². The summed E-state index contributed by atoms with van der Waals surface area (Å²) in [6, 6.07) is 12.2. The van der Waals surface area contributed by atoms with Crippen LogP contribution in [0.2, 0.25) is 0 Å². The normalized spacial score (nSPS) is 11.0. The third-order valence-corrected chi connectivity index (χ3v) is 4.89. The van der Waals surface area contributed by atoms with Gasteiger partial charge in [-0.1, -0.05) is 30.0 Å². The molecular formula is C21H19N3O3S. The third kappa shape index (κ3) is 4.15. The molecule has 0 fully saturated rings. The fraction of sp³-hybridized carbons (Fsp3) is 0.143. The summed E-state index contributed by atoms with van der Waals surface area (Å²) < 4.78 is 5.75. The summed E-state index contributed by atoms with van der Waals surface area (Å²) in [4.78, 5) is 20.1. The number of rotatable bonds is 6. The molecular weight excluding hydrogens is 374 g/mol. The fourth-order valence-corrected chi connectivity index (χ4v) is 3.64. The first kappa shape index (κ1) is 19.4. The number of aliphatic imine (C=N–C) groups is 1. The number of thiazole rings is 1. The molecule has 0 radical (unpaired) electrons. The Bertz CT molecular complexity index is 1090. The minimum atomic E-state index is -0.451. The summed E-state index contributed by atoms with van der Waals surface area (Å²) in [6.07, 6.45) is 1.69. The molecule has 0 atom stereocenters. The number of nitro groups is 1. The van der Waals surface area contributed by atoms with Gasteiger partial charge in [-0.25, -0.2) is 9.98 Å². The number of nitro benzene ring substituents is 1. The number of nitrogens with zero attached hydrogens (tertiary/aromatic N) is 3. The lowest BCUT2D eigenvalue weighted by molar-refractivity contribution is -0.385. The van der Waals surface area contributed by atoms with Gasteiger partial charge < -0.3 is 4.74 Å². The van der Waals surface area contributed by atoms with Gasteiger partial charge in [0, 0.05) is 17.8 Å². The molecule has 0 aliphatic heterocycles. The molecule has 0 unspecified atom stereocenters. The van der Waals surface area contributed by atoms with Crippen LogP contribution in [-0.4, -0.2) is 16.1 Å². The van der Waals surface area contributed by atoms with E-state index in [9.17, 15) is 10.1 Å². The Morgan fingerprint density at radius 3 is 2.75 bits per heavy atom. The molecule has 28 heavy (non-hydrogen) atoms. The molecule has 0 spiro atoms. The number of aryl methyl sites for hydroxylation is 1. The van der Waals surface area contributed by atoms with Crippen molar-refractivity contribution in [3.8, 4) is 22.1 Å². The van der Waals surface area contributed by atoms with Crippen LogP contribution in [0.25, 0.3) is 16.1 Å². The molecule has 0 aliphatic rings. The van der Waals surface area contributed by atoms with Crippen molar-refractivity contribution in [1.29, 1.82) is 0 Å². The van der Waals surface area contributed by atoms with Crippen molar-refractivity contribution >= 4 is 33.8 Å². The minimum absolute atomic E-state index is 0.119. The van der Waals surface area contributed by atoms with E-state index in [1.807, 2.05) is 39.0 Å². The van der Waals surface area contributed by atoms with Crippen LogP contribution >= 0.6 is 11.3 Å². The van der Waals surface area contributed by atoms with E-state index >= 15 is 0 Å². The van der Waals surface area contributed by atoms with Crippen molar-refractivity contribution in [3.05, 3.63) is 70.4 Å². The Morgan fingerprint density at radius 2 is 2.11 bits per heavy atom. The number of allylic oxidation sites excluding steroid dienone is 1. The SMILES string of the molecule is C=C(C)c1nc(-c2ccc(Oc3cccc(C)c3)c([N+](=O)[O-])c2)sc1N=CC. The quantitative estimate of drug-likeness (QED) is 0.269. The summed E-state index contributed by atoms with van der Waals surface area (Å²) in [5.74, 6) is 0.733. The van der Waals surface area contributed by atoms with Crippen LogP contribution in [0.4, 0.5) is 10.7 Å². The van der Waals surface area contributed by atoms with E-state index in [0.717, 1.165) is 16.1 Å². The van der Waals surface area contributed by atoms with Crippen molar-refractivity contribution in [1.82, 2.24) is 4.98 Å². The molecule has 3 aromatic rings. The molecule has 0 amide bonds. The first-order chi connectivity index (χ1) is 13.4. The number of aromatic nitrogens is 1. The lowest BCUT2D eigenvalue weighted by Gasteiger charge is -2.08. The van der Waals surface area contributed by atoms with Gasteiger partial charge in [-0.15, -0.1) is 0 Å². The van der Waals surface area contributed by atoms with Crippen molar-refractivity contribution in [2.45, 2.75) is 20.8 Å². The maximum absolute atomic E-state index is 11.6. The van der Waals surface area contributed by atoms with Gasteiger partial charge in [-0.2, -0.15) is 0 Å². The van der Waals surface area contributed by atoms with Gasteiger partial charge in [-0.05, 0) is 56.2 Å². The average Bonchev–Trinajstić information content (AvgIpc) is 3.06. The molecule has 0 saturated carbocycles. The molecule has 1 heterocycles. The predicted octanol–water partition coefficient (Wildman–Crippen LogP) is 6.57. The van der Waals surface area contributed by atoms with Gasteiger partial charge in [0.1, 0.15) is 21.5 Å². The van der Waals surface area contributed by atoms with Crippen LogP contribution in [0.5, 0.6) is 11.5 Å². The minimum Gasteiger partial charge on any atom is -0.450 e. The maximum Gasteiger partial charge on any atom is 0.312 e. The molecule has 0 saturated heterocycles. The van der Waals surface area contributed by atoms with Crippen molar-refractivity contribution in [2.24, 2.45) is 4.99 Å². The van der Waals surface area contributed by atoms with Crippen LogP contribution in [-0.2, 0) is 0 Å². The zero-order valence-electron chi connectivity index (χ0n) is 15.8. The Balaban J connectivity index is 2.03. The highest BCUT2D eigenvalue weighted by molar-refractivity contribution is 7.19. The molecule has 1 aromatic heterocycles. The number of hydrogen-bond acceptors (Lipinski definition) is 6. The fourth-order valence-electron chi connectivity index (χ4n) is 2.60. The second kappa shape index (κ2) is 8.14. The van der Waals surface area contributed by atoms with Crippen LogP contribution in [0.3, 0.4) is 0 Å². The highest BCUT2D eigenvalue weighted by atomic mass is 32.1. The van der Waals surface area contributed by atoms with E-state index in [2.05, 4.69) is 16.6 Å². The summed E-state index contributed by atoms with van der Waals surface area (Å²) in [6.45, 7) is 9.54. The lowest BCUT2D eigenvalue weighted by atomic mass is 10.2. The first-order valence-electron chi connectivity index (χ1n) is 8.57. The first-order valence-corrected chi connectivity index (χ1v) is 9.39. The van der Waals surface area contributed by atoms with E-state index in [1.54, 1.807) is 24.4 Å². The second-order valence-electron chi connectivity index (χ2n) is 6.20. The average molecular weight is 393 g/mol. The zero-order chi connectivity index (χ0) is 20.3. The van der Waals surface area contributed by atoms with Crippen LogP contribution < -0.4 is 4.74 Å². The molecule has 0 bridgehead atoms.